The van der Waals surface area contributed by atoms with Crippen LogP contribution in [-0.2, 0) is 34.8 Å². The average molecular weight is 1040 g/mol. The number of nitrogens with zero attached hydrogens (tertiary/aromatic N) is 3. The molecule has 51 heavy (non-hydrogen) atoms. The largest absolute Gasteiger partial charge is 1.00 e. The third-order valence-corrected chi connectivity index (χ3v) is 10.2. The molecule has 0 bridgehead atoms. The molecule has 1 N–H and O–H groups in total. The molecule has 4 aliphatic rings. The van der Waals surface area contributed by atoms with E-state index in [1.54, 1.807) is 23.3 Å². The number of H-pyrrole nitrogens is 1. The molecule has 4 fully saturated rings. The van der Waals surface area contributed by atoms with Gasteiger partial charge in [0, 0.05) is 73.3 Å². The van der Waals surface area contributed by atoms with Gasteiger partial charge in [-0.15, -0.1) is 0 Å². The van der Waals surface area contributed by atoms with Crippen molar-refractivity contribution in [2.75, 3.05) is 12.5 Å². The summed E-state index contributed by atoms with van der Waals surface area (Å²) in [5.74, 6) is -4.58. The Morgan fingerprint density at radius 1 is 0.922 bits per heavy atom. The van der Waals surface area contributed by atoms with Crippen LogP contribution in [0.3, 0.4) is 0 Å². The molecule has 2 aliphatic heterocycles. The Morgan fingerprint density at radius 3 is 1.63 bits per heavy atom. The third-order valence-electron chi connectivity index (χ3n) is 9.28. The number of halogens is 6. The smallest absolute Gasteiger partial charge is 1.00 e. The molecule has 11 nitrogen and oxygen atoms in total. The molecule has 2 aliphatic carbocycles. The second-order valence-electron chi connectivity index (χ2n) is 14.3. The molecule has 0 radical (unpaired) electrons. The van der Waals surface area contributed by atoms with Crippen molar-refractivity contribution in [3.63, 3.8) is 0 Å². The molecule has 0 unspecified atom stereocenters. The molecular formula is C30H48B2BrCs2F5N4O7. The minimum atomic E-state index is -2.48. The summed E-state index contributed by atoms with van der Waals surface area (Å²) in [6.07, 6.45) is 7.12. The zero-order chi connectivity index (χ0) is 38.2. The van der Waals surface area contributed by atoms with Gasteiger partial charge in [0.1, 0.15) is 0 Å². The van der Waals surface area contributed by atoms with Crippen molar-refractivity contribution in [1.82, 2.24) is 20.0 Å². The molecule has 2 saturated carbocycles. The maximum absolute atomic E-state index is 12.8. The number of carbonyl (C=O) groups excluding carboxylic acids is 1. The number of aromatic nitrogens is 4. The Balaban J connectivity index is 0. The van der Waals surface area contributed by atoms with E-state index >= 15 is 0 Å². The van der Waals surface area contributed by atoms with E-state index in [4.69, 9.17) is 30.0 Å². The van der Waals surface area contributed by atoms with Gasteiger partial charge >= 0.3 is 152 Å². The minimum Gasteiger partial charge on any atom is -1.00 e. The molecule has 0 atom stereocenters. The summed E-state index contributed by atoms with van der Waals surface area (Å²) >= 11 is 3.14. The number of alkyl halides is 6. The average Bonchev–Trinajstić information content (AvgIpc) is 3.74. The van der Waals surface area contributed by atoms with Crippen LogP contribution < -0.4 is 154 Å². The van der Waals surface area contributed by atoms with Crippen LogP contribution >= 0.6 is 15.9 Å². The first-order valence-corrected chi connectivity index (χ1v) is 16.7. The van der Waals surface area contributed by atoms with Gasteiger partial charge in [0.15, 0.2) is 0 Å². The molecule has 4 heterocycles. The third kappa shape index (κ3) is 15.7. The predicted molar refractivity (Wildman–Crippen MR) is 177 cm³/mol. The Kier molecular flexibility index (Phi) is 22.3. The number of hydrogen-bond acceptors (Lipinski definition) is 9. The van der Waals surface area contributed by atoms with Gasteiger partial charge in [0.05, 0.1) is 30.9 Å². The number of carbonyl (C=O) groups is 1. The number of aromatic amines is 1. The van der Waals surface area contributed by atoms with Crippen molar-refractivity contribution in [2.24, 2.45) is 11.8 Å². The van der Waals surface area contributed by atoms with E-state index in [1.807, 2.05) is 61.6 Å². The van der Waals surface area contributed by atoms with Gasteiger partial charge in [-0.3, -0.25) is 19.0 Å². The van der Waals surface area contributed by atoms with Crippen LogP contribution in [0.15, 0.2) is 24.8 Å². The van der Waals surface area contributed by atoms with Crippen molar-refractivity contribution in [2.45, 2.75) is 122 Å². The molecular weight excluding hydrogens is 991 g/mol. The fourth-order valence-electron chi connectivity index (χ4n) is 5.02. The Hall–Kier alpha value is 2.05. The first kappa shape index (κ1) is 51.1. The summed E-state index contributed by atoms with van der Waals surface area (Å²) < 4.78 is 90.3. The molecule has 0 spiro atoms. The molecule has 0 aromatic carbocycles. The summed E-state index contributed by atoms with van der Waals surface area (Å²) in [7, 11) is -1.76. The summed E-state index contributed by atoms with van der Waals surface area (Å²) in [6.45, 7) is 16.5. The van der Waals surface area contributed by atoms with Crippen molar-refractivity contribution < 1.29 is 196 Å². The minimum absolute atomic E-state index is 0. The standard InChI is InChI=1S/C14H21BF2N2O2.C9H15BN2O2.C5H7BrF2.CH3F.CH2O3.2Cs.H/c1-12(2)13(3,4)21-15(20-12)11-7-18-19(9-11)8-10-5-14(16,17)6-10;1-8(2)9(3,4)14-10(13-8)7-5-11-12-6-7;6-3-4-1-5(7,8)2-4;1-2;2-1-4-3;;;/h7,9-10H,5-6,8H2,1-4H3;5-6H,1-4H3,(H,11,12);4H,1-3H2;1H3;1,3H;;;/q;;;;;2*+1;-1/p-1/i;;;1D;;;;. The molecule has 2 saturated heterocycles. The zero-order valence-electron chi connectivity index (χ0n) is 33.1. The SMILES string of the molecule is CC1(C)OB(c2cn[nH]c2)OC1(C)C.CC1(C)OB(c2cnn(CC3CC(F)(F)C3)c2)OC1(C)C.FC1(F)CC(CBr)C1.O=CO[O-].[2H]CF.[Cs+].[Cs+].[H-]. The van der Waals surface area contributed by atoms with Gasteiger partial charge in [-0.1, -0.05) is 15.9 Å². The molecule has 2 aromatic rings. The second kappa shape index (κ2) is 22.3. The van der Waals surface area contributed by atoms with Gasteiger partial charge in [0.2, 0.25) is 11.8 Å². The summed E-state index contributed by atoms with van der Waals surface area (Å²) in [4.78, 5) is 11.2. The summed E-state index contributed by atoms with van der Waals surface area (Å²) in [5, 5.41) is 20.0. The Bertz CT molecular complexity index is 1300. The van der Waals surface area contributed by atoms with Gasteiger partial charge in [-0.2, -0.15) is 10.2 Å². The molecule has 21 heteroatoms. The summed E-state index contributed by atoms with van der Waals surface area (Å²) in [6, 6.07) is 0. The second-order valence-corrected chi connectivity index (χ2v) is 15.0. The van der Waals surface area contributed by atoms with E-state index in [1.165, 1.54) is 0 Å². The van der Waals surface area contributed by atoms with Crippen LogP contribution in [0, 0.1) is 11.8 Å². The first-order valence-electron chi connectivity index (χ1n) is 16.3. The normalized spacial score (nSPS) is 22.8. The van der Waals surface area contributed by atoms with Crippen molar-refractivity contribution in [1.29, 1.82) is 0 Å². The first-order chi connectivity index (χ1) is 23.0. The molecule has 0 amide bonds. The quantitative estimate of drug-likeness (QED) is 0.0919. The maximum atomic E-state index is 12.8. The van der Waals surface area contributed by atoms with Crippen molar-refractivity contribution in [3.05, 3.63) is 24.8 Å². The van der Waals surface area contributed by atoms with E-state index in [-0.39, 0.29) is 202 Å². The zero-order valence-corrected chi connectivity index (χ0v) is 45.3. The number of nitrogens with one attached hydrogen (secondary N) is 1. The van der Waals surface area contributed by atoms with Crippen molar-refractivity contribution >= 4 is 47.6 Å². The van der Waals surface area contributed by atoms with Crippen molar-refractivity contribution in [3.8, 4) is 0 Å². The fraction of sp³-hybridized carbons (Fsp3) is 0.767. The van der Waals surface area contributed by atoms with E-state index in [0.29, 0.717) is 6.54 Å². The van der Waals surface area contributed by atoms with E-state index in [2.05, 4.69) is 36.1 Å². The molecule has 2 aromatic heterocycles. The summed E-state index contributed by atoms with van der Waals surface area (Å²) in [5.41, 5.74) is 0.415. The van der Waals surface area contributed by atoms with Crippen LogP contribution in [0.2, 0.25) is 0 Å². The maximum Gasteiger partial charge on any atom is 1.00 e. The number of rotatable bonds is 6. The van der Waals surface area contributed by atoms with Gasteiger partial charge < -0.3 is 30.2 Å². The van der Waals surface area contributed by atoms with Crippen LogP contribution in [0.1, 0.15) is 83.9 Å². The van der Waals surface area contributed by atoms with Crippen LogP contribution in [0.4, 0.5) is 22.0 Å². The Morgan fingerprint density at radius 2 is 1.31 bits per heavy atom. The van der Waals surface area contributed by atoms with E-state index in [0.717, 1.165) is 16.3 Å². The van der Waals surface area contributed by atoms with Gasteiger partial charge in [-0.05, 0) is 67.2 Å². The monoisotopic (exact) mass is 1040 g/mol. The fourth-order valence-corrected chi connectivity index (χ4v) is 5.48. The van der Waals surface area contributed by atoms with Crippen LogP contribution in [0.5, 0.6) is 0 Å². The number of hydrogen-bond donors (Lipinski definition) is 1. The van der Waals surface area contributed by atoms with Gasteiger partial charge in [-0.25, -0.2) is 17.6 Å². The topological polar surface area (TPSA) is 133 Å². The van der Waals surface area contributed by atoms with Crippen LogP contribution in [0.25, 0.3) is 0 Å². The van der Waals surface area contributed by atoms with Crippen LogP contribution in [-0.4, -0.2) is 87.4 Å². The Labute approximate surface area is 427 Å². The van der Waals surface area contributed by atoms with Gasteiger partial charge in [0.25, 0.3) is 6.47 Å². The molecule has 6 rings (SSSR count). The molecule has 280 valence electrons. The predicted octanol–water partition coefficient (Wildman–Crippen LogP) is -1.50. The van der Waals surface area contributed by atoms with E-state index < -0.39 is 37.3 Å². The van der Waals surface area contributed by atoms with E-state index in [9.17, 15) is 22.0 Å².